The Bertz CT molecular complexity index is 328. The molecule has 1 aliphatic rings. The Morgan fingerprint density at radius 3 is 2.88 bits per heavy atom. The predicted molar refractivity (Wildman–Crippen MR) is 70.1 cm³/mol. The highest BCUT2D eigenvalue weighted by molar-refractivity contribution is 5.27. The molecule has 0 bridgehead atoms. The summed E-state index contributed by atoms with van der Waals surface area (Å²) in [7, 11) is 1.71. The zero-order chi connectivity index (χ0) is 12.1. The summed E-state index contributed by atoms with van der Waals surface area (Å²) in [4.78, 5) is 0. The van der Waals surface area contributed by atoms with Crippen LogP contribution in [0.4, 0.5) is 0 Å². The molecule has 3 atom stereocenters. The van der Waals surface area contributed by atoms with Gasteiger partial charge in [0, 0.05) is 38.3 Å². The lowest BCUT2D eigenvalue weighted by Crippen LogP contribution is -2.36. The summed E-state index contributed by atoms with van der Waals surface area (Å²) in [6.07, 6.45) is 2.16. The van der Waals surface area contributed by atoms with Crippen molar-refractivity contribution in [3.63, 3.8) is 0 Å². The van der Waals surface area contributed by atoms with Gasteiger partial charge in [0.25, 0.3) is 0 Å². The first kappa shape index (κ1) is 12.6. The van der Waals surface area contributed by atoms with E-state index in [9.17, 15) is 0 Å². The molecule has 0 heterocycles. The molecule has 94 valence electrons. The monoisotopic (exact) mass is 234 g/mol. The van der Waals surface area contributed by atoms with Gasteiger partial charge in [-0.05, 0) is 18.4 Å². The molecule has 1 aromatic carbocycles. The van der Waals surface area contributed by atoms with E-state index in [0.717, 1.165) is 19.6 Å². The molecule has 0 aliphatic heterocycles. The second-order valence-corrected chi connectivity index (χ2v) is 4.81. The Balaban J connectivity index is 1.67. The van der Waals surface area contributed by atoms with Crippen molar-refractivity contribution in [2.45, 2.75) is 30.8 Å². The minimum Gasteiger partial charge on any atom is -0.385 e. The van der Waals surface area contributed by atoms with Gasteiger partial charge in [-0.15, -0.1) is 0 Å². The predicted octanol–water partition coefficient (Wildman–Crippen LogP) is 1.50. The van der Waals surface area contributed by atoms with Crippen LogP contribution in [0, 0.1) is 0 Å². The van der Waals surface area contributed by atoms with E-state index >= 15 is 0 Å². The van der Waals surface area contributed by atoms with Crippen LogP contribution in [0.2, 0.25) is 0 Å². The lowest BCUT2D eigenvalue weighted by atomic mass is 10.1. The zero-order valence-corrected chi connectivity index (χ0v) is 10.4. The molecule has 0 aromatic heterocycles. The molecule has 1 aliphatic carbocycles. The molecule has 3 unspecified atom stereocenters. The Morgan fingerprint density at radius 1 is 1.41 bits per heavy atom. The fourth-order valence-corrected chi connectivity index (χ4v) is 2.16. The lowest BCUT2D eigenvalue weighted by Gasteiger charge is -2.12. The maximum absolute atomic E-state index is 5.98. The number of hydrogen-bond acceptors (Lipinski definition) is 3. The topological polar surface area (TPSA) is 47.3 Å². The molecule has 0 radical (unpaired) electrons. The van der Waals surface area contributed by atoms with Crippen molar-refractivity contribution in [3.8, 4) is 0 Å². The Labute approximate surface area is 103 Å². The normalized spacial score (nSPS) is 24.6. The summed E-state index contributed by atoms with van der Waals surface area (Å²) in [5, 5.41) is 3.53. The average molecular weight is 234 g/mol. The number of ether oxygens (including phenoxy) is 1. The molecule has 0 amide bonds. The molecule has 3 nitrogen and oxygen atoms in total. The van der Waals surface area contributed by atoms with E-state index < -0.39 is 0 Å². The third kappa shape index (κ3) is 3.80. The van der Waals surface area contributed by atoms with Gasteiger partial charge in [0.2, 0.25) is 0 Å². The highest BCUT2D eigenvalue weighted by Gasteiger charge is 2.37. The van der Waals surface area contributed by atoms with E-state index in [1.54, 1.807) is 7.11 Å². The second kappa shape index (κ2) is 6.15. The molecular weight excluding hydrogens is 212 g/mol. The maximum Gasteiger partial charge on any atom is 0.0477 e. The van der Waals surface area contributed by atoms with Crippen LogP contribution in [-0.4, -0.2) is 32.3 Å². The molecule has 1 fully saturated rings. The van der Waals surface area contributed by atoms with Crippen molar-refractivity contribution in [3.05, 3.63) is 35.9 Å². The molecular formula is C14H22N2O. The fourth-order valence-electron chi connectivity index (χ4n) is 2.16. The summed E-state index contributed by atoms with van der Waals surface area (Å²) in [6, 6.07) is 11.5. The quantitative estimate of drug-likeness (QED) is 0.751. The van der Waals surface area contributed by atoms with E-state index in [0.29, 0.717) is 12.0 Å². The van der Waals surface area contributed by atoms with Crippen LogP contribution in [0.1, 0.15) is 24.3 Å². The van der Waals surface area contributed by atoms with E-state index in [1.165, 1.54) is 12.0 Å². The van der Waals surface area contributed by atoms with Gasteiger partial charge in [0.1, 0.15) is 0 Å². The van der Waals surface area contributed by atoms with Crippen LogP contribution in [-0.2, 0) is 4.74 Å². The minimum absolute atomic E-state index is 0.201. The van der Waals surface area contributed by atoms with Crippen molar-refractivity contribution in [2.24, 2.45) is 5.73 Å². The van der Waals surface area contributed by atoms with Crippen molar-refractivity contribution >= 4 is 0 Å². The average Bonchev–Trinajstić information content (AvgIpc) is 3.14. The first-order valence-corrected chi connectivity index (χ1v) is 6.34. The molecule has 17 heavy (non-hydrogen) atoms. The SMILES string of the molecule is COCCC(N)CNC1CC1c1ccccc1. The van der Waals surface area contributed by atoms with E-state index in [4.69, 9.17) is 10.5 Å². The molecule has 3 N–H and O–H groups in total. The Morgan fingerprint density at radius 2 is 2.18 bits per heavy atom. The molecule has 1 aromatic rings. The maximum atomic E-state index is 5.98. The number of nitrogens with two attached hydrogens (primary N) is 1. The molecule has 3 heteroatoms. The van der Waals surface area contributed by atoms with Crippen LogP contribution in [0.5, 0.6) is 0 Å². The summed E-state index contributed by atoms with van der Waals surface area (Å²) >= 11 is 0. The largest absolute Gasteiger partial charge is 0.385 e. The van der Waals surface area contributed by atoms with Crippen LogP contribution in [0.3, 0.4) is 0 Å². The van der Waals surface area contributed by atoms with Gasteiger partial charge in [0.15, 0.2) is 0 Å². The van der Waals surface area contributed by atoms with Gasteiger partial charge in [-0.1, -0.05) is 30.3 Å². The number of nitrogens with one attached hydrogen (secondary N) is 1. The van der Waals surface area contributed by atoms with Gasteiger partial charge in [0.05, 0.1) is 0 Å². The van der Waals surface area contributed by atoms with Gasteiger partial charge >= 0.3 is 0 Å². The van der Waals surface area contributed by atoms with E-state index in [-0.39, 0.29) is 6.04 Å². The number of rotatable bonds is 7. The van der Waals surface area contributed by atoms with E-state index in [2.05, 4.69) is 35.6 Å². The van der Waals surface area contributed by atoms with E-state index in [1.807, 2.05) is 0 Å². The number of methoxy groups -OCH3 is 1. The van der Waals surface area contributed by atoms with Gasteiger partial charge < -0.3 is 15.8 Å². The molecule has 1 saturated carbocycles. The van der Waals surface area contributed by atoms with Crippen LogP contribution in [0.15, 0.2) is 30.3 Å². The van der Waals surface area contributed by atoms with Crippen molar-refractivity contribution < 1.29 is 4.74 Å². The van der Waals surface area contributed by atoms with Gasteiger partial charge in [-0.2, -0.15) is 0 Å². The summed E-state index contributed by atoms with van der Waals surface area (Å²) in [6.45, 7) is 1.63. The van der Waals surface area contributed by atoms with Crippen molar-refractivity contribution in [2.75, 3.05) is 20.3 Å². The van der Waals surface area contributed by atoms with Crippen molar-refractivity contribution in [1.82, 2.24) is 5.32 Å². The Hall–Kier alpha value is -0.900. The second-order valence-electron chi connectivity index (χ2n) is 4.81. The molecule has 0 saturated heterocycles. The fraction of sp³-hybridized carbons (Fsp3) is 0.571. The Kier molecular flexibility index (Phi) is 4.54. The summed E-state index contributed by atoms with van der Waals surface area (Å²) in [5.41, 5.74) is 7.42. The van der Waals surface area contributed by atoms with Crippen LogP contribution >= 0.6 is 0 Å². The third-order valence-electron chi connectivity index (χ3n) is 3.35. The third-order valence-corrected chi connectivity index (χ3v) is 3.35. The first-order valence-electron chi connectivity index (χ1n) is 6.34. The van der Waals surface area contributed by atoms with Gasteiger partial charge in [-0.3, -0.25) is 0 Å². The van der Waals surface area contributed by atoms with Crippen LogP contribution in [0.25, 0.3) is 0 Å². The highest BCUT2D eigenvalue weighted by Crippen LogP contribution is 2.40. The zero-order valence-electron chi connectivity index (χ0n) is 10.4. The minimum atomic E-state index is 0.201. The molecule has 0 spiro atoms. The summed E-state index contributed by atoms with van der Waals surface area (Å²) < 4.78 is 5.02. The first-order chi connectivity index (χ1) is 8.31. The van der Waals surface area contributed by atoms with Crippen LogP contribution < -0.4 is 11.1 Å². The number of hydrogen-bond donors (Lipinski definition) is 2. The lowest BCUT2D eigenvalue weighted by molar-refractivity contribution is 0.187. The number of benzene rings is 1. The summed E-state index contributed by atoms with van der Waals surface area (Å²) in [5.74, 6) is 0.686. The standard InChI is InChI=1S/C14H22N2O/c1-17-8-7-12(15)10-16-14-9-13(14)11-5-3-2-4-6-11/h2-6,12-14,16H,7-10,15H2,1H3. The van der Waals surface area contributed by atoms with Crippen molar-refractivity contribution in [1.29, 1.82) is 0 Å². The smallest absolute Gasteiger partial charge is 0.0477 e. The molecule has 2 rings (SSSR count). The van der Waals surface area contributed by atoms with Gasteiger partial charge in [-0.25, -0.2) is 0 Å². The highest BCUT2D eigenvalue weighted by atomic mass is 16.5.